The average molecular weight is 373 g/mol. The van der Waals surface area contributed by atoms with E-state index in [0.717, 1.165) is 41.1 Å². The zero-order valence-electron chi connectivity index (χ0n) is 15.6. The second kappa shape index (κ2) is 6.73. The van der Waals surface area contributed by atoms with Crippen LogP contribution in [-0.2, 0) is 26.7 Å². The van der Waals surface area contributed by atoms with Gasteiger partial charge in [0.2, 0.25) is 0 Å². The molecule has 0 saturated heterocycles. The molecule has 0 amide bonds. The first-order chi connectivity index (χ1) is 13.6. The fourth-order valence-corrected chi connectivity index (χ4v) is 3.77. The van der Waals surface area contributed by atoms with E-state index in [2.05, 4.69) is 26.4 Å². The van der Waals surface area contributed by atoms with Gasteiger partial charge in [-0.15, -0.1) is 0 Å². The van der Waals surface area contributed by atoms with Crippen molar-refractivity contribution in [1.82, 2.24) is 19.7 Å². The summed E-state index contributed by atoms with van der Waals surface area (Å²) in [5.41, 5.74) is 5.60. The number of fused-ring (bicyclic) bond motifs is 2. The molecular formula is C22H20FN5. The number of halogens is 1. The topological polar surface area (TPSA) is 46.0 Å². The van der Waals surface area contributed by atoms with Gasteiger partial charge in [0.1, 0.15) is 5.82 Å². The number of hydrogen-bond acceptors (Lipinski definition) is 4. The van der Waals surface area contributed by atoms with E-state index in [9.17, 15) is 4.39 Å². The van der Waals surface area contributed by atoms with Gasteiger partial charge >= 0.3 is 0 Å². The fourth-order valence-electron chi connectivity index (χ4n) is 3.77. The van der Waals surface area contributed by atoms with Crippen molar-refractivity contribution in [2.24, 2.45) is 7.05 Å². The number of benzene rings is 2. The highest BCUT2D eigenvalue weighted by Crippen LogP contribution is 2.26. The lowest BCUT2D eigenvalue weighted by Crippen LogP contribution is -2.16. The maximum atomic E-state index is 14.7. The number of nitrogens with zero attached hydrogens (tertiary/aromatic N) is 4. The highest BCUT2D eigenvalue weighted by Gasteiger charge is 2.20. The van der Waals surface area contributed by atoms with Crippen LogP contribution >= 0.6 is 0 Å². The number of hydrogen-bond donors (Lipinski definition) is 1. The van der Waals surface area contributed by atoms with Gasteiger partial charge < -0.3 is 5.32 Å². The third kappa shape index (κ3) is 3.23. The van der Waals surface area contributed by atoms with Gasteiger partial charge in [0.15, 0.2) is 0 Å². The van der Waals surface area contributed by atoms with Gasteiger partial charge in [0.05, 0.1) is 11.2 Å². The highest BCUT2D eigenvalue weighted by atomic mass is 19.1. The highest BCUT2D eigenvalue weighted by molar-refractivity contribution is 5.83. The van der Waals surface area contributed by atoms with Crippen molar-refractivity contribution in [1.29, 1.82) is 0 Å². The van der Waals surface area contributed by atoms with Gasteiger partial charge in [-0.25, -0.2) is 4.39 Å². The Labute approximate surface area is 162 Å². The molecule has 5 nitrogen and oxygen atoms in total. The number of aryl methyl sites for hydroxylation is 1. The molecular weight excluding hydrogens is 353 g/mol. The van der Waals surface area contributed by atoms with Crippen molar-refractivity contribution < 1.29 is 4.39 Å². The van der Waals surface area contributed by atoms with Gasteiger partial charge in [0.25, 0.3) is 0 Å². The van der Waals surface area contributed by atoms with E-state index in [-0.39, 0.29) is 5.82 Å². The lowest BCUT2D eigenvalue weighted by Gasteiger charge is -2.16. The summed E-state index contributed by atoms with van der Waals surface area (Å²) >= 11 is 0. The zero-order valence-corrected chi connectivity index (χ0v) is 15.6. The maximum Gasteiger partial charge on any atom is 0.129 e. The lowest BCUT2D eigenvalue weighted by atomic mass is 10.1. The molecule has 2 aromatic heterocycles. The van der Waals surface area contributed by atoms with E-state index in [1.165, 1.54) is 5.56 Å². The van der Waals surface area contributed by atoms with E-state index in [1.54, 1.807) is 10.7 Å². The van der Waals surface area contributed by atoms with Gasteiger partial charge in [0, 0.05) is 61.4 Å². The first-order valence-electron chi connectivity index (χ1n) is 9.28. The Morgan fingerprint density at radius 2 is 1.93 bits per heavy atom. The van der Waals surface area contributed by atoms with Gasteiger partial charge in [-0.1, -0.05) is 12.1 Å². The third-order valence-electron chi connectivity index (χ3n) is 5.11. The molecule has 0 spiro atoms. The smallest absolute Gasteiger partial charge is 0.129 e. The molecule has 6 heteroatoms. The Balaban J connectivity index is 1.30. The summed E-state index contributed by atoms with van der Waals surface area (Å²) in [5, 5.41) is 8.70. The molecule has 1 aliphatic rings. The molecule has 0 aliphatic carbocycles. The van der Waals surface area contributed by atoms with Crippen LogP contribution in [0.4, 0.5) is 15.8 Å². The molecule has 0 radical (unpaired) electrons. The fraction of sp³-hybridized carbons (Fsp3) is 0.182. The normalized spacial score (nSPS) is 13.8. The van der Waals surface area contributed by atoms with Crippen LogP contribution in [-0.4, -0.2) is 19.7 Å². The summed E-state index contributed by atoms with van der Waals surface area (Å²) in [6.45, 7) is 2.15. The quantitative estimate of drug-likeness (QED) is 0.577. The standard InChI is InChI=1S/C22H20FN5/c1-27-11-17-9-18(6-7-21(17)26-27)25-19-5-4-15(20(23)10-19)12-28-13-16-3-2-8-24-22(16)14-28/h2-11,25H,12-14H2,1H3. The van der Waals surface area contributed by atoms with Crippen LogP contribution in [0.3, 0.4) is 0 Å². The zero-order chi connectivity index (χ0) is 19.1. The van der Waals surface area contributed by atoms with Crippen molar-refractivity contribution in [2.45, 2.75) is 19.6 Å². The molecule has 0 bridgehead atoms. The summed E-state index contributed by atoms with van der Waals surface area (Å²) in [6.07, 6.45) is 3.78. The van der Waals surface area contributed by atoms with Gasteiger partial charge in [-0.05, 0) is 42.0 Å². The summed E-state index contributed by atoms with van der Waals surface area (Å²) < 4.78 is 16.5. The minimum Gasteiger partial charge on any atom is -0.355 e. The Hall–Kier alpha value is -3.25. The summed E-state index contributed by atoms with van der Waals surface area (Å²) in [4.78, 5) is 6.61. The third-order valence-corrected chi connectivity index (χ3v) is 5.11. The molecule has 2 aromatic carbocycles. The summed E-state index contributed by atoms with van der Waals surface area (Å²) in [7, 11) is 1.90. The predicted octanol–water partition coefficient (Wildman–Crippen LogP) is 4.37. The molecule has 5 rings (SSSR count). The van der Waals surface area contributed by atoms with E-state index in [4.69, 9.17) is 0 Å². The van der Waals surface area contributed by atoms with Crippen molar-refractivity contribution in [2.75, 3.05) is 5.32 Å². The second-order valence-electron chi connectivity index (χ2n) is 7.26. The minimum atomic E-state index is -0.198. The molecule has 140 valence electrons. The first-order valence-corrected chi connectivity index (χ1v) is 9.28. The van der Waals surface area contributed by atoms with Crippen LogP contribution in [0, 0.1) is 5.82 Å². The molecule has 4 aromatic rings. The Morgan fingerprint density at radius 3 is 2.79 bits per heavy atom. The Bertz CT molecular complexity index is 1140. The lowest BCUT2D eigenvalue weighted by molar-refractivity contribution is 0.270. The van der Waals surface area contributed by atoms with Crippen molar-refractivity contribution in [3.05, 3.63) is 83.6 Å². The minimum absolute atomic E-state index is 0.198. The molecule has 1 aliphatic heterocycles. The first kappa shape index (κ1) is 16.9. The number of anilines is 2. The second-order valence-corrected chi connectivity index (χ2v) is 7.26. The number of nitrogens with one attached hydrogen (secondary N) is 1. The van der Waals surface area contributed by atoms with Crippen LogP contribution in [0.25, 0.3) is 10.9 Å². The molecule has 0 saturated carbocycles. The van der Waals surface area contributed by atoms with E-state index >= 15 is 0 Å². The molecule has 0 fully saturated rings. The molecule has 28 heavy (non-hydrogen) atoms. The molecule has 1 N–H and O–H groups in total. The number of aromatic nitrogens is 3. The number of pyridine rings is 1. The van der Waals surface area contributed by atoms with Crippen LogP contribution in [0.15, 0.2) is 60.9 Å². The van der Waals surface area contributed by atoms with Gasteiger partial charge in [-0.3, -0.25) is 14.6 Å². The van der Waals surface area contributed by atoms with Crippen molar-refractivity contribution in [3.63, 3.8) is 0 Å². The molecule has 0 atom stereocenters. The molecule has 0 unspecified atom stereocenters. The number of rotatable bonds is 4. The van der Waals surface area contributed by atoms with Crippen LogP contribution < -0.4 is 5.32 Å². The molecule has 3 heterocycles. The average Bonchev–Trinajstić information content (AvgIpc) is 3.25. The Morgan fingerprint density at radius 1 is 1.07 bits per heavy atom. The van der Waals surface area contributed by atoms with E-state index in [0.29, 0.717) is 12.1 Å². The summed E-state index contributed by atoms with van der Waals surface area (Å²) in [6, 6.07) is 15.3. The van der Waals surface area contributed by atoms with E-state index < -0.39 is 0 Å². The van der Waals surface area contributed by atoms with Crippen LogP contribution in [0.5, 0.6) is 0 Å². The Kier molecular flexibility index (Phi) is 4.06. The summed E-state index contributed by atoms with van der Waals surface area (Å²) in [5.74, 6) is -0.198. The van der Waals surface area contributed by atoms with Crippen LogP contribution in [0.1, 0.15) is 16.8 Å². The largest absolute Gasteiger partial charge is 0.355 e. The van der Waals surface area contributed by atoms with Crippen molar-refractivity contribution >= 4 is 22.3 Å². The monoisotopic (exact) mass is 373 g/mol. The van der Waals surface area contributed by atoms with E-state index in [1.807, 2.05) is 55.8 Å². The van der Waals surface area contributed by atoms with Crippen molar-refractivity contribution in [3.8, 4) is 0 Å². The predicted molar refractivity (Wildman–Crippen MR) is 108 cm³/mol. The SMILES string of the molecule is Cn1cc2cc(Nc3ccc(CN4Cc5cccnc5C4)c(F)c3)ccc2n1. The van der Waals surface area contributed by atoms with Gasteiger partial charge in [-0.2, -0.15) is 5.10 Å². The van der Waals surface area contributed by atoms with Crippen LogP contribution in [0.2, 0.25) is 0 Å². The maximum absolute atomic E-state index is 14.7.